The van der Waals surface area contributed by atoms with Crippen molar-refractivity contribution in [2.24, 2.45) is 11.1 Å². The molecule has 1 amide bonds. The third-order valence-electron chi connectivity index (χ3n) is 5.06. The molecule has 0 aliphatic carbocycles. The molecular formula is C21H21N3O4. The van der Waals surface area contributed by atoms with Gasteiger partial charge in [0.05, 0.1) is 6.61 Å². The van der Waals surface area contributed by atoms with Gasteiger partial charge in [-0.1, -0.05) is 29.8 Å². The van der Waals surface area contributed by atoms with Crippen molar-refractivity contribution in [2.75, 3.05) is 6.61 Å². The quantitative estimate of drug-likeness (QED) is 0.780. The fourth-order valence-corrected chi connectivity index (χ4v) is 3.75. The SMILES string of the molecule is CCOC(=O)C1=C(C)OC(N)=C(C#N)C12C(=O)NC(c1ccc(C)cc1)=C2C. The van der Waals surface area contributed by atoms with Gasteiger partial charge in [-0.2, -0.15) is 5.26 Å². The fraction of sp³-hybridized carbons (Fsp3) is 0.286. The monoisotopic (exact) mass is 379 g/mol. The molecule has 0 bridgehead atoms. The van der Waals surface area contributed by atoms with E-state index in [1.54, 1.807) is 13.8 Å². The molecule has 28 heavy (non-hydrogen) atoms. The number of aryl methyl sites for hydroxylation is 1. The highest BCUT2D eigenvalue weighted by atomic mass is 16.5. The van der Waals surface area contributed by atoms with Gasteiger partial charge in [-0.25, -0.2) is 4.79 Å². The Morgan fingerprint density at radius 2 is 1.93 bits per heavy atom. The zero-order valence-electron chi connectivity index (χ0n) is 16.2. The highest BCUT2D eigenvalue weighted by Gasteiger charge is 2.59. The van der Waals surface area contributed by atoms with Gasteiger partial charge in [-0.15, -0.1) is 0 Å². The zero-order valence-corrected chi connectivity index (χ0v) is 16.2. The van der Waals surface area contributed by atoms with Crippen molar-refractivity contribution in [1.29, 1.82) is 5.26 Å². The molecule has 0 radical (unpaired) electrons. The summed E-state index contributed by atoms with van der Waals surface area (Å²) in [6, 6.07) is 9.54. The number of nitrogens with zero attached hydrogens (tertiary/aromatic N) is 1. The summed E-state index contributed by atoms with van der Waals surface area (Å²) < 4.78 is 10.6. The second-order valence-electron chi connectivity index (χ2n) is 6.67. The Balaban J connectivity index is 2.33. The van der Waals surface area contributed by atoms with Gasteiger partial charge >= 0.3 is 5.97 Å². The Bertz CT molecular complexity index is 1010. The van der Waals surface area contributed by atoms with Crippen molar-refractivity contribution in [3.05, 3.63) is 63.8 Å². The largest absolute Gasteiger partial charge is 0.462 e. The zero-order chi connectivity index (χ0) is 20.6. The molecule has 1 aromatic carbocycles. The van der Waals surface area contributed by atoms with Gasteiger partial charge in [0.15, 0.2) is 0 Å². The van der Waals surface area contributed by atoms with Crippen molar-refractivity contribution in [2.45, 2.75) is 27.7 Å². The normalized spacial score (nSPS) is 21.6. The molecule has 1 spiro atoms. The Morgan fingerprint density at radius 1 is 1.29 bits per heavy atom. The Kier molecular flexibility index (Phi) is 4.73. The van der Waals surface area contributed by atoms with E-state index < -0.39 is 17.3 Å². The predicted octanol–water partition coefficient (Wildman–Crippen LogP) is 2.40. The number of amides is 1. The number of carbonyl (C=O) groups is 2. The van der Waals surface area contributed by atoms with Gasteiger partial charge in [0, 0.05) is 5.70 Å². The number of ether oxygens (including phenoxy) is 2. The summed E-state index contributed by atoms with van der Waals surface area (Å²) in [5.74, 6) is -1.33. The lowest BCUT2D eigenvalue weighted by atomic mass is 9.68. The molecule has 0 aromatic heterocycles. The van der Waals surface area contributed by atoms with Crippen LogP contribution >= 0.6 is 0 Å². The van der Waals surface area contributed by atoms with Crippen molar-refractivity contribution in [1.82, 2.24) is 5.32 Å². The summed E-state index contributed by atoms with van der Waals surface area (Å²) >= 11 is 0. The molecular weight excluding hydrogens is 358 g/mol. The number of hydrogen-bond acceptors (Lipinski definition) is 6. The van der Waals surface area contributed by atoms with E-state index in [4.69, 9.17) is 15.2 Å². The summed E-state index contributed by atoms with van der Waals surface area (Å²) in [5.41, 5.74) is 6.95. The van der Waals surface area contributed by atoms with Gasteiger partial charge in [0.2, 0.25) is 11.8 Å². The first kappa shape index (κ1) is 19.2. The molecule has 1 atom stereocenters. The number of allylic oxidation sites excluding steroid dienone is 1. The second-order valence-corrected chi connectivity index (χ2v) is 6.67. The molecule has 1 aromatic rings. The number of nitrogens with two attached hydrogens (primary N) is 1. The predicted molar refractivity (Wildman–Crippen MR) is 102 cm³/mol. The van der Waals surface area contributed by atoms with Crippen LogP contribution in [0.15, 0.2) is 52.6 Å². The number of benzene rings is 1. The van der Waals surface area contributed by atoms with E-state index in [1.165, 1.54) is 6.92 Å². The first-order chi connectivity index (χ1) is 13.3. The van der Waals surface area contributed by atoms with Crippen molar-refractivity contribution in [3.63, 3.8) is 0 Å². The Hall–Kier alpha value is -3.53. The van der Waals surface area contributed by atoms with E-state index in [0.717, 1.165) is 11.1 Å². The smallest absolute Gasteiger partial charge is 0.339 e. The minimum atomic E-state index is -1.69. The molecule has 2 aliphatic heterocycles. The first-order valence-electron chi connectivity index (χ1n) is 8.85. The van der Waals surface area contributed by atoms with Crippen molar-refractivity contribution >= 4 is 17.6 Å². The minimum absolute atomic E-state index is 0.0304. The number of esters is 1. The van der Waals surface area contributed by atoms with Crippen LogP contribution in [0.1, 0.15) is 31.9 Å². The van der Waals surface area contributed by atoms with Crippen LogP contribution in [-0.4, -0.2) is 18.5 Å². The highest BCUT2D eigenvalue weighted by molar-refractivity contribution is 6.12. The van der Waals surface area contributed by atoms with Gasteiger partial charge in [0.25, 0.3) is 0 Å². The van der Waals surface area contributed by atoms with E-state index in [0.29, 0.717) is 11.3 Å². The standard InChI is InChI=1S/C21H21N3O4/c1-5-27-19(25)16-13(4)28-18(23)15(10-22)21(16)12(3)17(24-20(21)26)14-8-6-11(2)7-9-14/h6-9H,5,23H2,1-4H3,(H,24,26). The van der Waals surface area contributed by atoms with Crippen LogP contribution in [0, 0.1) is 23.7 Å². The van der Waals surface area contributed by atoms with E-state index in [-0.39, 0.29) is 29.4 Å². The molecule has 3 rings (SSSR count). The van der Waals surface area contributed by atoms with E-state index >= 15 is 0 Å². The van der Waals surface area contributed by atoms with Crippen LogP contribution < -0.4 is 11.1 Å². The van der Waals surface area contributed by atoms with Crippen molar-refractivity contribution < 1.29 is 19.1 Å². The molecule has 7 heteroatoms. The fourth-order valence-electron chi connectivity index (χ4n) is 3.75. The second kappa shape index (κ2) is 6.89. The van der Waals surface area contributed by atoms with Crippen LogP contribution in [0.3, 0.4) is 0 Å². The molecule has 2 heterocycles. The van der Waals surface area contributed by atoms with Crippen molar-refractivity contribution in [3.8, 4) is 6.07 Å². The summed E-state index contributed by atoms with van der Waals surface area (Å²) in [6.45, 7) is 6.96. The number of nitriles is 1. The summed E-state index contributed by atoms with van der Waals surface area (Å²) in [5, 5.41) is 12.6. The average molecular weight is 379 g/mol. The molecule has 2 aliphatic rings. The Morgan fingerprint density at radius 3 is 2.50 bits per heavy atom. The summed E-state index contributed by atoms with van der Waals surface area (Å²) in [7, 11) is 0. The maximum atomic E-state index is 13.3. The third-order valence-corrected chi connectivity index (χ3v) is 5.06. The third kappa shape index (κ3) is 2.57. The molecule has 0 saturated carbocycles. The van der Waals surface area contributed by atoms with Gasteiger partial charge in [0.1, 0.15) is 28.4 Å². The maximum absolute atomic E-state index is 13.3. The molecule has 0 saturated heterocycles. The van der Waals surface area contributed by atoms with Gasteiger partial charge < -0.3 is 20.5 Å². The average Bonchev–Trinajstić information content (AvgIpc) is 2.88. The minimum Gasteiger partial charge on any atom is -0.462 e. The number of nitrogens with one attached hydrogen (secondary N) is 1. The van der Waals surface area contributed by atoms with E-state index in [1.807, 2.05) is 37.3 Å². The summed E-state index contributed by atoms with van der Waals surface area (Å²) in [4.78, 5) is 26.1. The van der Waals surface area contributed by atoms with Crippen LogP contribution in [0.25, 0.3) is 5.70 Å². The van der Waals surface area contributed by atoms with Crippen LogP contribution in [0.2, 0.25) is 0 Å². The molecule has 1 unspecified atom stereocenters. The number of rotatable bonds is 3. The lowest BCUT2D eigenvalue weighted by Gasteiger charge is -2.34. The molecule has 7 nitrogen and oxygen atoms in total. The van der Waals surface area contributed by atoms with Crippen LogP contribution in [0.5, 0.6) is 0 Å². The van der Waals surface area contributed by atoms with Gasteiger partial charge in [-0.3, -0.25) is 4.79 Å². The summed E-state index contributed by atoms with van der Waals surface area (Å²) in [6.07, 6.45) is 0. The van der Waals surface area contributed by atoms with E-state index in [9.17, 15) is 14.9 Å². The first-order valence-corrected chi connectivity index (χ1v) is 8.85. The molecule has 3 N–H and O–H groups in total. The lowest BCUT2D eigenvalue weighted by molar-refractivity contribution is -0.141. The lowest BCUT2D eigenvalue weighted by Crippen LogP contribution is -2.44. The topological polar surface area (TPSA) is 114 Å². The number of hydrogen-bond donors (Lipinski definition) is 2. The van der Waals surface area contributed by atoms with Gasteiger partial charge in [-0.05, 0) is 38.8 Å². The van der Waals surface area contributed by atoms with Crippen LogP contribution in [0.4, 0.5) is 0 Å². The Labute approximate surface area is 163 Å². The molecule has 144 valence electrons. The molecule has 0 fully saturated rings. The van der Waals surface area contributed by atoms with E-state index in [2.05, 4.69) is 5.32 Å². The van der Waals surface area contributed by atoms with Crippen LogP contribution in [-0.2, 0) is 19.1 Å². The number of carbonyl (C=O) groups excluding carboxylic acids is 2. The maximum Gasteiger partial charge on any atom is 0.339 e. The highest BCUT2D eigenvalue weighted by Crippen LogP contribution is 2.53.